The van der Waals surface area contributed by atoms with Crippen molar-refractivity contribution in [1.82, 2.24) is 14.8 Å². The van der Waals surface area contributed by atoms with E-state index >= 15 is 0 Å². The third-order valence-electron chi connectivity index (χ3n) is 3.73. The van der Waals surface area contributed by atoms with E-state index in [1.54, 1.807) is 12.3 Å². The van der Waals surface area contributed by atoms with Crippen LogP contribution in [-0.2, 0) is 0 Å². The maximum atomic E-state index is 12.7. The number of nitrogens with zero attached hydrogens (tertiary/aromatic N) is 3. The smallest absolute Gasteiger partial charge is 0.257 e. The molecule has 1 aliphatic rings. The van der Waals surface area contributed by atoms with Gasteiger partial charge in [-0.15, -0.1) is 0 Å². The Hall–Kier alpha value is -1.66. The fourth-order valence-corrected chi connectivity index (χ4v) is 2.68. The summed E-state index contributed by atoms with van der Waals surface area (Å²) in [4.78, 5) is 21.1. The highest BCUT2D eigenvalue weighted by atomic mass is 16.2. The van der Waals surface area contributed by atoms with Crippen molar-refractivity contribution in [2.24, 2.45) is 5.84 Å². The maximum Gasteiger partial charge on any atom is 0.257 e. The lowest BCUT2D eigenvalue weighted by Crippen LogP contribution is -2.42. The minimum Gasteiger partial charge on any atom is -0.334 e. The van der Waals surface area contributed by atoms with Crippen LogP contribution in [0.25, 0.3) is 0 Å². The Morgan fingerprint density at radius 1 is 1.50 bits per heavy atom. The van der Waals surface area contributed by atoms with Crippen LogP contribution in [-0.4, -0.2) is 53.4 Å². The molecule has 1 unspecified atom stereocenters. The van der Waals surface area contributed by atoms with E-state index in [4.69, 9.17) is 5.84 Å². The van der Waals surface area contributed by atoms with Crippen molar-refractivity contribution in [2.45, 2.75) is 26.3 Å². The second-order valence-corrected chi connectivity index (χ2v) is 5.48. The van der Waals surface area contributed by atoms with Gasteiger partial charge in [0.2, 0.25) is 0 Å². The molecule has 2 heterocycles. The molecule has 1 amide bonds. The number of pyridine rings is 1. The number of amides is 1. The van der Waals surface area contributed by atoms with E-state index in [1.165, 1.54) is 0 Å². The van der Waals surface area contributed by atoms with Crippen LogP contribution in [0.2, 0.25) is 0 Å². The molecule has 1 saturated heterocycles. The number of hydrogen-bond acceptors (Lipinski definition) is 5. The van der Waals surface area contributed by atoms with Gasteiger partial charge in [-0.25, -0.2) is 0 Å². The average Bonchev–Trinajstić information content (AvgIpc) is 2.58. The lowest BCUT2D eigenvalue weighted by Gasteiger charge is -2.28. The van der Waals surface area contributed by atoms with E-state index in [2.05, 4.69) is 29.3 Å². The summed E-state index contributed by atoms with van der Waals surface area (Å²) in [5.74, 6) is 5.51. The van der Waals surface area contributed by atoms with Crippen molar-refractivity contribution in [1.29, 1.82) is 0 Å². The first kappa shape index (κ1) is 14.7. The summed E-state index contributed by atoms with van der Waals surface area (Å²) in [6.45, 7) is 6.62. The number of hydrazine groups is 1. The molecular formula is C14H23N5O. The largest absolute Gasteiger partial charge is 0.334 e. The molecule has 1 atom stereocenters. The van der Waals surface area contributed by atoms with Crippen molar-refractivity contribution >= 4 is 11.6 Å². The van der Waals surface area contributed by atoms with E-state index < -0.39 is 0 Å². The van der Waals surface area contributed by atoms with Gasteiger partial charge in [-0.3, -0.25) is 15.6 Å². The molecule has 1 aliphatic heterocycles. The molecule has 0 aromatic carbocycles. The van der Waals surface area contributed by atoms with Gasteiger partial charge in [-0.2, -0.15) is 0 Å². The zero-order valence-electron chi connectivity index (χ0n) is 12.4. The van der Waals surface area contributed by atoms with Gasteiger partial charge in [0.05, 0.1) is 11.3 Å². The van der Waals surface area contributed by atoms with Crippen molar-refractivity contribution < 1.29 is 4.79 Å². The monoisotopic (exact) mass is 277 g/mol. The van der Waals surface area contributed by atoms with Gasteiger partial charge in [-0.05, 0) is 39.9 Å². The van der Waals surface area contributed by atoms with Crippen molar-refractivity contribution in [3.8, 4) is 0 Å². The predicted molar refractivity (Wildman–Crippen MR) is 79.4 cm³/mol. The molecule has 20 heavy (non-hydrogen) atoms. The lowest BCUT2D eigenvalue weighted by atomic mass is 10.1. The van der Waals surface area contributed by atoms with E-state index in [1.807, 2.05) is 11.8 Å². The molecule has 1 aromatic heterocycles. The van der Waals surface area contributed by atoms with Gasteiger partial charge in [0.1, 0.15) is 0 Å². The summed E-state index contributed by atoms with van der Waals surface area (Å²) >= 11 is 0. The molecule has 0 radical (unpaired) electrons. The zero-order valence-corrected chi connectivity index (χ0v) is 12.4. The second kappa shape index (κ2) is 6.19. The first-order valence-corrected chi connectivity index (χ1v) is 6.95. The third kappa shape index (κ3) is 3.08. The number of carbonyl (C=O) groups is 1. The van der Waals surface area contributed by atoms with Crippen LogP contribution in [0.1, 0.15) is 29.4 Å². The highest BCUT2D eigenvalue weighted by Crippen LogP contribution is 2.19. The van der Waals surface area contributed by atoms with E-state index in [9.17, 15) is 4.79 Å². The first-order chi connectivity index (χ1) is 9.52. The number of nitrogen functional groups attached to an aromatic ring is 1. The maximum absolute atomic E-state index is 12.7. The Morgan fingerprint density at radius 3 is 2.95 bits per heavy atom. The molecule has 0 bridgehead atoms. The van der Waals surface area contributed by atoms with Gasteiger partial charge in [0, 0.05) is 31.0 Å². The Bertz CT molecular complexity index is 490. The van der Waals surface area contributed by atoms with Crippen LogP contribution in [0.5, 0.6) is 0 Å². The summed E-state index contributed by atoms with van der Waals surface area (Å²) in [6.07, 6.45) is 2.59. The highest BCUT2D eigenvalue weighted by Gasteiger charge is 2.26. The van der Waals surface area contributed by atoms with Crippen molar-refractivity contribution in [3.63, 3.8) is 0 Å². The molecule has 0 spiro atoms. The molecule has 3 N–H and O–H groups in total. The number of aryl methyl sites for hydroxylation is 1. The van der Waals surface area contributed by atoms with Gasteiger partial charge >= 0.3 is 0 Å². The Balaban J connectivity index is 2.26. The highest BCUT2D eigenvalue weighted by molar-refractivity contribution is 5.99. The minimum atomic E-state index is -0.00625. The number of rotatable bonds is 2. The third-order valence-corrected chi connectivity index (χ3v) is 3.73. The molecule has 1 fully saturated rings. The normalized spacial score (nSPS) is 20.6. The van der Waals surface area contributed by atoms with E-state index in [0.29, 0.717) is 11.3 Å². The Kier molecular flexibility index (Phi) is 4.57. The summed E-state index contributed by atoms with van der Waals surface area (Å²) in [5.41, 5.74) is 4.60. The quantitative estimate of drug-likeness (QED) is 0.619. The summed E-state index contributed by atoms with van der Waals surface area (Å²) in [6, 6.07) is 1.98. The summed E-state index contributed by atoms with van der Waals surface area (Å²) in [7, 11) is 2.09. The minimum absolute atomic E-state index is 0.00625. The molecule has 6 nitrogen and oxygen atoms in total. The number of aromatic nitrogens is 1. The fraction of sp³-hybridized carbons (Fsp3) is 0.571. The SMILES string of the molecule is Cc1cc(NN)c(C(=O)N2CCCN(C)CC2C)cn1. The first-order valence-electron chi connectivity index (χ1n) is 6.95. The van der Waals surface area contributed by atoms with Crippen LogP contribution >= 0.6 is 0 Å². The molecule has 1 aromatic rings. The van der Waals surface area contributed by atoms with E-state index in [-0.39, 0.29) is 11.9 Å². The fourth-order valence-electron chi connectivity index (χ4n) is 2.68. The van der Waals surface area contributed by atoms with Gasteiger partial charge in [0.15, 0.2) is 0 Å². The zero-order chi connectivity index (χ0) is 14.7. The molecule has 2 rings (SSSR count). The van der Waals surface area contributed by atoms with Crippen LogP contribution in [0.4, 0.5) is 5.69 Å². The predicted octanol–water partition coefficient (Wildman–Crippen LogP) is 0.842. The Labute approximate surface area is 119 Å². The van der Waals surface area contributed by atoms with Crippen LogP contribution in [0.3, 0.4) is 0 Å². The van der Waals surface area contributed by atoms with E-state index in [0.717, 1.165) is 31.7 Å². The number of anilines is 1. The van der Waals surface area contributed by atoms with Crippen LogP contribution < -0.4 is 11.3 Å². The second-order valence-electron chi connectivity index (χ2n) is 5.48. The van der Waals surface area contributed by atoms with Gasteiger partial charge < -0.3 is 15.2 Å². The molecule has 110 valence electrons. The molecular weight excluding hydrogens is 254 g/mol. The summed E-state index contributed by atoms with van der Waals surface area (Å²) in [5, 5.41) is 0. The molecule has 6 heteroatoms. The lowest BCUT2D eigenvalue weighted by molar-refractivity contribution is 0.0697. The van der Waals surface area contributed by atoms with Gasteiger partial charge in [-0.1, -0.05) is 0 Å². The van der Waals surface area contributed by atoms with Crippen molar-refractivity contribution in [2.75, 3.05) is 32.1 Å². The number of nitrogens with one attached hydrogen (secondary N) is 1. The number of carbonyl (C=O) groups excluding carboxylic acids is 1. The average molecular weight is 277 g/mol. The Morgan fingerprint density at radius 2 is 2.25 bits per heavy atom. The van der Waals surface area contributed by atoms with Crippen LogP contribution in [0, 0.1) is 6.92 Å². The number of hydrogen-bond donors (Lipinski definition) is 2. The summed E-state index contributed by atoms with van der Waals surface area (Å²) < 4.78 is 0. The van der Waals surface area contributed by atoms with Gasteiger partial charge in [0.25, 0.3) is 5.91 Å². The number of nitrogens with two attached hydrogens (primary N) is 1. The molecule has 0 saturated carbocycles. The molecule has 0 aliphatic carbocycles. The topological polar surface area (TPSA) is 74.5 Å². The van der Waals surface area contributed by atoms with Crippen molar-refractivity contribution in [3.05, 3.63) is 23.5 Å². The number of likely N-dealkylation sites (N-methyl/N-ethyl adjacent to an activating group) is 1. The van der Waals surface area contributed by atoms with Crippen LogP contribution in [0.15, 0.2) is 12.3 Å². The standard InChI is InChI=1S/C14H23N5O/c1-10-7-13(17-15)12(8-16-10)14(20)19-6-4-5-18(3)9-11(19)2/h7-8,11H,4-6,9,15H2,1-3H3,(H,16,17).